The van der Waals surface area contributed by atoms with E-state index in [4.69, 9.17) is 32.8 Å². The van der Waals surface area contributed by atoms with Crippen LogP contribution in [0.3, 0.4) is 0 Å². The number of fused-ring (bicyclic) bond motifs is 9. The fraction of sp³-hybridized carbons (Fsp3) is 0.0385. The molecule has 396 valence electrons. The zero-order valence-corrected chi connectivity index (χ0v) is 45.0. The molecule has 84 heavy (non-hydrogen) atoms. The first-order valence-corrected chi connectivity index (χ1v) is 28.2. The van der Waals surface area contributed by atoms with Crippen LogP contribution in [-0.2, 0) is 5.41 Å². The molecule has 0 amide bonds. The minimum absolute atomic E-state index is 0.000833. The Balaban J connectivity index is 1.11. The van der Waals surface area contributed by atoms with Gasteiger partial charge in [0.15, 0.2) is 19.7 Å². The minimum Gasteiger partial charge on any atom is -0.309 e. The first kappa shape index (κ1) is 26.1. The highest BCUT2D eigenvalue weighted by Crippen LogP contribution is 2.49. The lowest BCUT2D eigenvalue weighted by Crippen LogP contribution is -2.74. The Morgan fingerprint density at radius 1 is 0.345 bits per heavy atom. The number of hydrogen-bond donors (Lipinski definition) is 0. The monoisotopic (exact) mass is 1120 g/mol. The summed E-state index contributed by atoms with van der Waals surface area (Å²) < 4.78 is 315. The zero-order chi connectivity index (χ0) is 84.7. The van der Waals surface area contributed by atoms with Gasteiger partial charge in [0.05, 0.1) is 73.0 Å². The van der Waals surface area contributed by atoms with Crippen molar-refractivity contribution in [1.29, 1.82) is 0 Å². The van der Waals surface area contributed by atoms with E-state index in [0.29, 0.717) is 5.56 Å². The normalized spacial score (nSPS) is 18.8. The smallest absolute Gasteiger partial charge is 0.238 e. The summed E-state index contributed by atoms with van der Waals surface area (Å²) in [4.78, 5) is 14.5. The maximum atomic E-state index is 11.2. The van der Waals surface area contributed by atoms with Gasteiger partial charge in [-0.15, -0.1) is 0 Å². The van der Waals surface area contributed by atoms with Crippen molar-refractivity contribution in [3.8, 4) is 67.8 Å². The third-order valence-electron chi connectivity index (χ3n) is 15.4. The molecule has 0 fully saturated rings. The molecule has 0 aliphatic heterocycles. The topological polar surface area (TPSA) is 48.5 Å². The molecule has 12 aromatic carbocycles. The van der Waals surface area contributed by atoms with E-state index in [-0.39, 0.29) is 32.6 Å². The molecule has 0 saturated carbocycles. The van der Waals surface area contributed by atoms with Gasteiger partial charge >= 0.3 is 0 Å². The van der Waals surface area contributed by atoms with Crippen LogP contribution in [-0.4, -0.2) is 32.2 Å². The second-order valence-corrected chi connectivity index (χ2v) is 23.9. The summed E-state index contributed by atoms with van der Waals surface area (Å²) in [6, 6.07) is -3.64. The molecular formula is C78H55N5Si. The van der Waals surface area contributed by atoms with E-state index in [1.54, 1.807) is 18.2 Å². The van der Waals surface area contributed by atoms with Crippen molar-refractivity contribution < 1.29 is 45.2 Å². The van der Waals surface area contributed by atoms with Crippen LogP contribution in [0.4, 0.5) is 0 Å². The molecule has 1 unspecified atom stereocenters. The fourth-order valence-electron chi connectivity index (χ4n) is 11.6. The van der Waals surface area contributed by atoms with Crippen molar-refractivity contribution in [2.75, 3.05) is 0 Å². The number of benzene rings is 12. The molecule has 0 saturated heterocycles. The van der Waals surface area contributed by atoms with E-state index < -0.39 is 301 Å². The molecule has 5 nitrogen and oxygen atoms in total. The van der Waals surface area contributed by atoms with E-state index in [1.165, 1.54) is 48.5 Å². The van der Waals surface area contributed by atoms with Crippen LogP contribution in [0, 0.1) is 0 Å². The molecule has 16 rings (SSSR count). The maximum Gasteiger partial charge on any atom is 0.238 e. The van der Waals surface area contributed by atoms with Crippen LogP contribution >= 0.6 is 0 Å². The number of aromatic nitrogens is 5. The average molecular weight is 1120 g/mol. The first-order valence-electron chi connectivity index (χ1n) is 42.7. The van der Waals surface area contributed by atoms with Gasteiger partial charge in [-0.25, -0.2) is 4.98 Å². The summed E-state index contributed by atoms with van der Waals surface area (Å²) in [5.74, 6) is -3.14. The Bertz CT molecular complexity index is 6900. The summed E-state index contributed by atoms with van der Waals surface area (Å²) >= 11 is 0. The molecule has 0 radical (unpaired) electrons. The van der Waals surface area contributed by atoms with Crippen LogP contribution in [0.1, 0.15) is 70.2 Å². The third-order valence-corrected chi connectivity index (χ3v) is 19.8. The highest BCUT2D eigenvalue weighted by atomic mass is 28.3. The van der Waals surface area contributed by atoms with Crippen molar-refractivity contribution in [3.05, 3.63) is 308 Å². The average Bonchev–Trinajstić information content (AvgIpc) is 1.69. The summed E-state index contributed by atoms with van der Waals surface area (Å²) in [5.41, 5.74) is -3.19. The van der Waals surface area contributed by atoms with E-state index in [2.05, 4.69) is 0 Å². The molecule has 0 N–H and O–H groups in total. The second-order valence-electron chi connectivity index (χ2n) is 20.2. The van der Waals surface area contributed by atoms with Crippen molar-refractivity contribution in [2.24, 2.45) is 0 Å². The number of hydrogen-bond acceptors (Lipinski definition) is 3. The summed E-state index contributed by atoms with van der Waals surface area (Å²) in [6.45, 7) is 4.06. The van der Waals surface area contributed by atoms with Crippen molar-refractivity contribution in [3.63, 3.8) is 0 Å². The number of rotatable bonds is 10. The lowest BCUT2D eigenvalue weighted by molar-refractivity contribution is 0.660. The van der Waals surface area contributed by atoms with Crippen LogP contribution in [0.25, 0.3) is 111 Å². The van der Waals surface area contributed by atoms with Crippen LogP contribution in [0.2, 0.25) is 0 Å². The highest BCUT2D eigenvalue weighted by Gasteiger charge is 2.42. The second kappa shape index (κ2) is 19.6. The van der Waals surface area contributed by atoms with E-state index in [0.717, 1.165) is 25.8 Å². The third kappa shape index (κ3) is 7.72. The Kier molecular flexibility index (Phi) is 6.10. The molecule has 3 aromatic heterocycles. The first-order chi connectivity index (χ1) is 55.1. The SMILES string of the molecule is [2H]c1c([2H])c([2H])c(-c2ccc([Si](c3ccccc3)(c3c([2H])c([2H])c([2H])c(-c4ccc5c(c4)-c4ccccc4C5(C)C)c3[2H])c3c([2H])c([2H])c([2H])c(-c4nc(-c5c([2H])c([2H])c([2H])c([2H])c5-n5c6c([2H])c([2H])c([2H])c([2H])c6c6c([2H])c([2H])c([2H])c([2H])c65)nc(-n5c6c([2H])c([2H])c([2H])c([2H])c6c6c([2H])c([2H])c([2H])c([2H])c65)n4)c3[2H])cc2)c([2H])c1[2H]. The predicted molar refractivity (Wildman–Crippen MR) is 351 cm³/mol. The molecule has 1 aliphatic carbocycles. The van der Waals surface area contributed by atoms with Crippen LogP contribution in [0.15, 0.2) is 296 Å². The van der Waals surface area contributed by atoms with Gasteiger partial charge in [-0.05, 0) is 108 Å². The Morgan fingerprint density at radius 3 is 1.51 bits per heavy atom. The zero-order valence-electron chi connectivity index (χ0n) is 77.0. The lowest BCUT2D eigenvalue weighted by Gasteiger charge is -2.35. The van der Waals surface area contributed by atoms with E-state index in [9.17, 15) is 27.4 Å². The lowest BCUT2D eigenvalue weighted by atomic mass is 9.82. The molecule has 0 spiro atoms. The molecular weight excluding hydrogens is 1030 g/mol. The molecule has 3 heterocycles. The summed E-state index contributed by atoms with van der Waals surface area (Å²) in [5, 5.41) is -3.32. The summed E-state index contributed by atoms with van der Waals surface area (Å²) in [6.07, 6.45) is 0. The van der Waals surface area contributed by atoms with Gasteiger partial charge in [0.2, 0.25) is 5.95 Å². The van der Waals surface area contributed by atoms with E-state index >= 15 is 0 Å². The van der Waals surface area contributed by atoms with Crippen LogP contribution < -0.4 is 20.7 Å². The molecule has 15 aromatic rings. The van der Waals surface area contributed by atoms with Crippen LogP contribution in [0.5, 0.6) is 0 Å². The minimum atomic E-state index is -5.46. The fourth-order valence-corrected chi connectivity index (χ4v) is 15.8. The van der Waals surface area contributed by atoms with Gasteiger partial charge in [0.25, 0.3) is 0 Å². The molecule has 0 bridgehead atoms. The van der Waals surface area contributed by atoms with Gasteiger partial charge in [-0.3, -0.25) is 4.57 Å². The quantitative estimate of drug-likeness (QED) is 0.101. The largest absolute Gasteiger partial charge is 0.309 e. The highest BCUT2D eigenvalue weighted by molar-refractivity contribution is 7.20. The Labute approximate surface area is 535 Å². The Morgan fingerprint density at radius 2 is 0.845 bits per heavy atom. The Hall–Kier alpha value is -10.5. The van der Waals surface area contributed by atoms with Gasteiger partial charge in [-0.2, -0.15) is 9.97 Å². The standard InChI is InChI=1S/C78H55N5Si/c1-78(2)68-37-15-9-31-61(68)67-51-55(45-48-69(67)78)54-25-21-29-59(49-54)84(57-27-7-4-8-28-57,58-46-43-53(44-47-58)52-23-5-3-6-24-52)60-30-22-26-56(50-60)75-79-76(81-77(80-75)83-72-40-18-12-34-64(72)65-35-13-19-41-73(65)83)66-36-14-20-42-74(66)82-70-38-16-10-32-62(70)63-33-11-17-39-71(63)82/h3-51H,1-2H3/i3D,5D,6D,10D,11D,12D,13D,14D,16D,17D,18D,19D,20D,21D,22D,23D,24D,25D,26D,29D,30D,32D,33D,34D,35D,36D,38D,39D,40D,41D,42D,49D,50D. The molecule has 1 atom stereocenters. The number of nitrogens with zero attached hydrogens (tertiary/aromatic N) is 5. The molecule has 1 aliphatic rings. The van der Waals surface area contributed by atoms with Gasteiger partial charge in [0.1, 0.15) is 0 Å². The van der Waals surface area contributed by atoms with Crippen molar-refractivity contribution >= 4 is 72.4 Å². The van der Waals surface area contributed by atoms with Gasteiger partial charge < -0.3 is 4.57 Å². The van der Waals surface area contributed by atoms with Gasteiger partial charge in [-0.1, -0.05) is 268 Å². The van der Waals surface area contributed by atoms with Crippen molar-refractivity contribution in [2.45, 2.75) is 19.3 Å². The summed E-state index contributed by atoms with van der Waals surface area (Å²) in [7, 11) is -5.46. The van der Waals surface area contributed by atoms with Gasteiger partial charge in [0, 0.05) is 38.1 Å². The maximum absolute atomic E-state index is 11.2. The van der Waals surface area contributed by atoms with Crippen molar-refractivity contribution in [1.82, 2.24) is 24.1 Å². The van der Waals surface area contributed by atoms with E-state index in [1.807, 2.05) is 44.2 Å². The number of para-hydroxylation sites is 5. The molecule has 6 heteroatoms. The predicted octanol–water partition coefficient (Wildman–Crippen LogP) is 16.4.